The molecule has 1 amide bonds. The highest BCUT2D eigenvalue weighted by molar-refractivity contribution is 5.77. The predicted molar refractivity (Wildman–Crippen MR) is 107 cm³/mol. The molecule has 0 atom stereocenters. The molecule has 146 valence electrons. The van der Waals surface area contributed by atoms with Gasteiger partial charge in [-0.25, -0.2) is 0 Å². The summed E-state index contributed by atoms with van der Waals surface area (Å²) in [6.07, 6.45) is 2.84. The van der Waals surface area contributed by atoms with E-state index in [1.54, 1.807) is 0 Å². The zero-order valence-electron chi connectivity index (χ0n) is 16.7. The fourth-order valence-electron chi connectivity index (χ4n) is 4.10. The third kappa shape index (κ3) is 3.46. The Bertz CT molecular complexity index is 968. The van der Waals surface area contributed by atoms with Gasteiger partial charge in [-0.2, -0.15) is 5.10 Å². The van der Waals surface area contributed by atoms with Crippen LogP contribution in [0, 0.1) is 13.8 Å². The lowest BCUT2D eigenvalue weighted by atomic mass is 10.0. The molecular formula is C22H26N4O2. The van der Waals surface area contributed by atoms with E-state index >= 15 is 0 Å². The summed E-state index contributed by atoms with van der Waals surface area (Å²) in [5.41, 5.74) is 6.63. The molecule has 0 saturated heterocycles. The van der Waals surface area contributed by atoms with Crippen LogP contribution in [0.15, 0.2) is 34.9 Å². The van der Waals surface area contributed by atoms with Gasteiger partial charge >= 0.3 is 0 Å². The molecule has 0 radical (unpaired) electrons. The highest BCUT2D eigenvalue weighted by Gasteiger charge is 2.24. The van der Waals surface area contributed by atoms with Crippen LogP contribution >= 0.6 is 0 Å². The number of benzene rings is 1. The average Bonchev–Trinajstić information content (AvgIpc) is 3.08. The second kappa shape index (κ2) is 7.62. The van der Waals surface area contributed by atoms with Crippen LogP contribution in [0.25, 0.3) is 11.3 Å². The van der Waals surface area contributed by atoms with Crippen LogP contribution in [0.4, 0.5) is 0 Å². The summed E-state index contributed by atoms with van der Waals surface area (Å²) < 4.78 is 7.19. The number of aryl methyl sites for hydroxylation is 3. The van der Waals surface area contributed by atoms with Gasteiger partial charge in [-0.1, -0.05) is 35.5 Å². The van der Waals surface area contributed by atoms with Crippen LogP contribution in [0.3, 0.4) is 0 Å². The number of amides is 1. The van der Waals surface area contributed by atoms with Gasteiger partial charge in [0.25, 0.3) is 0 Å². The summed E-state index contributed by atoms with van der Waals surface area (Å²) in [4.78, 5) is 14.8. The van der Waals surface area contributed by atoms with Gasteiger partial charge in [0.1, 0.15) is 5.76 Å². The van der Waals surface area contributed by atoms with E-state index in [4.69, 9.17) is 9.62 Å². The number of hydrogen-bond donors (Lipinski definition) is 0. The van der Waals surface area contributed by atoms with Gasteiger partial charge in [-0.15, -0.1) is 0 Å². The number of carbonyl (C=O) groups excluding carboxylic acids is 1. The second-order valence-electron chi connectivity index (χ2n) is 7.45. The van der Waals surface area contributed by atoms with Crippen LogP contribution in [-0.2, 0) is 31.1 Å². The molecule has 0 fully saturated rings. The Labute approximate surface area is 165 Å². The van der Waals surface area contributed by atoms with Crippen molar-refractivity contribution in [2.75, 3.05) is 13.1 Å². The summed E-state index contributed by atoms with van der Waals surface area (Å²) in [5, 5.41) is 8.74. The van der Waals surface area contributed by atoms with Crippen molar-refractivity contribution < 1.29 is 9.32 Å². The van der Waals surface area contributed by atoms with Gasteiger partial charge in [0.05, 0.1) is 11.4 Å². The first kappa shape index (κ1) is 18.5. The van der Waals surface area contributed by atoms with Crippen molar-refractivity contribution in [3.63, 3.8) is 0 Å². The van der Waals surface area contributed by atoms with Gasteiger partial charge in [0, 0.05) is 55.4 Å². The minimum absolute atomic E-state index is 0.196. The maximum Gasteiger partial charge on any atom is 0.222 e. The molecule has 0 unspecified atom stereocenters. The average molecular weight is 378 g/mol. The van der Waals surface area contributed by atoms with E-state index in [-0.39, 0.29) is 5.91 Å². The molecule has 4 rings (SSSR count). The number of aromatic nitrogens is 3. The molecule has 0 saturated carbocycles. The molecular weight excluding hydrogens is 352 g/mol. The molecule has 1 aromatic carbocycles. The summed E-state index contributed by atoms with van der Waals surface area (Å²) in [6, 6.07) is 10.3. The fourth-order valence-corrected chi connectivity index (χ4v) is 4.10. The number of rotatable bonds is 4. The van der Waals surface area contributed by atoms with Gasteiger partial charge in [-0.05, 0) is 26.7 Å². The van der Waals surface area contributed by atoms with Crippen molar-refractivity contribution in [2.45, 2.75) is 39.5 Å². The van der Waals surface area contributed by atoms with Crippen LogP contribution in [-0.4, -0.2) is 38.8 Å². The fraction of sp³-hybridized carbons (Fsp3) is 0.409. The Morgan fingerprint density at radius 2 is 1.89 bits per heavy atom. The van der Waals surface area contributed by atoms with E-state index in [1.165, 1.54) is 11.3 Å². The van der Waals surface area contributed by atoms with Crippen LogP contribution in [0.2, 0.25) is 0 Å². The van der Waals surface area contributed by atoms with Gasteiger partial charge < -0.3 is 9.42 Å². The van der Waals surface area contributed by atoms with E-state index in [0.717, 1.165) is 54.2 Å². The van der Waals surface area contributed by atoms with E-state index < -0.39 is 0 Å². The largest absolute Gasteiger partial charge is 0.361 e. The van der Waals surface area contributed by atoms with E-state index in [0.29, 0.717) is 12.8 Å². The molecule has 0 aliphatic carbocycles. The maximum absolute atomic E-state index is 12.8. The normalized spacial score (nSPS) is 14.0. The van der Waals surface area contributed by atoms with E-state index in [9.17, 15) is 4.79 Å². The molecule has 2 aromatic heterocycles. The first-order chi connectivity index (χ1) is 13.5. The summed E-state index contributed by atoms with van der Waals surface area (Å²) >= 11 is 0. The molecule has 1 aliphatic rings. The van der Waals surface area contributed by atoms with Crippen molar-refractivity contribution in [1.29, 1.82) is 0 Å². The Morgan fingerprint density at radius 1 is 1.14 bits per heavy atom. The van der Waals surface area contributed by atoms with Crippen LogP contribution in [0.5, 0.6) is 0 Å². The molecule has 3 aromatic rings. The SMILES string of the molecule is Cc1noc(C)c1CCC(=O)N1CCc2c(-c3ccccc3)nn(C)c2CC1. The molecule has 0 spiro atoms. The lowest BCUT2D eigenvalue weighted by molar-refractivity contribution is -0.131. The Morgan fingerprint density at radius 3 is 2.61 bits per heavy atom. The van der Waals surface area contributed by atoms with E-state index in [1.807, 2.05) is 48.7 Å². The Kier molecular flexibility index (Phi) is 5.03. The molecule has 1 aliphatic heterocycles. The van der Waals surface area contributed by atoms with Crippen molar-refractivity contribution >= 4 is 5.91 Å². The van der Waals surface area contributed by atoms with Gasteiger partial charge in [-0.3, -0.25) is 9.48 Å². The zero-order valence-corrected chi connectivity index (χ0v) is 16.7. The summed E-state index contributed by atoms with van der Waals surface area (Å²) in [6.45, 7) is 5.30. The smallest absolute Gasteiger partial charge is 0.222 e. The highest BCUT2D eigenvalue weighted by Crippen LogP contribution is 2.28. The van der Waals surface area contributed by atoms with Crippen LogP contribution < -0.4 is 0 Å². The van der Waals surface area contributed by atoms with Crippen LogP contribution in [0.1, 0.15) is 34.7 Å². The first-order valence-corrected chi connectivity index (χ1v) is 9.84. The third-order valence-electron chi connectivity index (χ3n) is 5.70. The summed E-state index contributed by atoms with van der Waals surface area (Å²) in [5.74, 6) is 1.01. The quantitative estimate of drug-likeness (QED) is 0.699. The molecule has 3 heterocycles. The van der Waals surface area contributed by atoms with Crippen molar-refractivity contribution in [1.82, 2.24) is 19.8 Å². The number of nitrogens with zero attached hydrogens (tertiary/aromatic N) is 4. The zero-order chi connectivity index (χ0) is 19.7. The van der Waals surface area contributed by atoms with Crippen molar-refractivity contribution in [2.24, 2.45) is 7.05 Å². The minimum Gasteiger partial charge on any atom is -0.361 e. The topological polar surface area (TPSA) is 64.2 Å². The predicted octanol–water partition coefficient (Wildman–Crippen LogP) is 3.25. The third-order valence-corrected chi connectivity index (χ3v) is 5.70. The summed E-state index contributed by atoms with van der Waals surface area (Å²) in [7, 11) is 2.00. The van der Waals surface area contributed by atoms with E-state index in [2.05, 4.69) is 17.3 Å². The van der Waals surface area contributed by atoms with Crippen molar-refractivity contribution in [3.05, 3.63) is 58.6 Å². The van der Waals surface area contributed by atoms with Gasteiger partial charge in [0.2, 0.25) is 5.91 Å². The molecule has 6 heteroatoms. The van der Waals surface area contributed by atoms with Gasteiger partial charge in [0.15, 0.2) is 0 Å². The number of fused-ring (bicyclic) bond motifs is 1. The number of hydrogen-bond acceptors (Lipinski definition) is 4. The highest BCUT2D eigenvalue weighted by atomic mass is 16.5. The molecule has 0 bridgehead atoms. The maximum atomic E-state index is 12.8. The second-order valence-corrected chi connectivity index (χ2v) is 7.45. The minimum atomic E-state index is 0.196. The standard InChI is InChI=1S/C22H26N4O2/c1-15-18(16(2)28-24-15)9-10-21(27)26-13-11-19-20(12-14-26)25(3)23-22(19)17-7-5-4-6-8-17/h4-8H,9-14H2,1-3H3. The monoisotopic (exact) mass is 378 g/mol. The molecule has 6 nitrogen and oxygen atoms in total. The molecule has 28 heavy (non-hydrogen) atoms. The number of carbonyl (C=O) groups is 1. The Balaban J connectivity index is 1.47. The first-order valence-electron chi connectivity index (χ1n) is 9.84. The Hall–Kier alpha value is -2.89. The lowest BCUT2D eigenvalue weighted by Gasteiger charge is -2.20. The lowest BCUT2D eigenvalue weighted by Crippen LogP contribution is -2.33. The molecule has 0 N–H and O–H groups in total. The van der Waals surface area contributed by atoms with Crippen molar-refractivity contribution in [3.8, 4) is 11.3 Å².